The van der Waals surface area contributed by atoms with Gasteiger partial charge in [-0.25, -0.2) is 4.98 Å². The van der Waals surface area contributed by atoms with Crippen LogP contribution in [0.15, 0.2) is 47.9 Å². The number of hydrogen-bond donors (Lipinski definition) is 0. The van der Waals surface area contributed by atoms with E-state index < -0.39 is 5.97 Å². The third-order valence-electron chi connectivity index (χ3n) is 3.35. The van der Waals surface area contributed by atoms with Crippen LogP contribution in [0.1, 0.15) is 16.1 Å². The van der Waals surface area contributed by atoms with E-state index in [-0.39, 0.29) is 17.0 Å². The SMILES string of the molecule is Cn1ccnc1SCc1c(C(=O)[O-])cc2ccccc2[n+]1[O-]. The van der Waals surface area contributed by atoms with Gasteiger partial charge in [0, 0.05) is 30.9 Å². The Kier molecular flexibility index (Phi) is 3.72. The normalized spacial score (nSPS) is 11.0. The maximum absolute atomic E-state index is 12.5. The van der Waals surface area contributed by atoms with E-state index in [9.17, 15) is 15.1 Å². The maximum atomic E-state index is 12.5. The van der Waals surface area contributed by atoms with Crippen molar-refractivity contribution in [1.82, 2.24) is 9.55 Å². The number of benzene rings is 1. The minimum atomic E-state index is -1.36. The summed E-state index contributed by atoms with van der Waals surface area (Å²) in [5.74, 6) is -1.16. The Morgan fingerprint density at radius 2 is 2.18 bits per heavy atom. The van der Waals surface area contributed by atoms with E-state index in [1.807, 2.05) is 7.05 Å². The smallest absolute Gasteiger partial charge is 0.224 e. The van der Waals surface area contributed by atoms with E-state index in [2.05, 4.69) is 4.98 Å². The number of carboxylic acid groups (broad SMARTS) is 1. The zero-order valence-corrected chi connectivity index (χ0v) is 12.5. The van der Waals surface area contributed by atoms with E-state index in [0.717, 1.165) is 0 Å². The number of carboxylic acids is 1. The van der Waals surface area contributed by atoms with Gasteiger partial charge in [0.1, 0.15) is 0 Å². The standard InChI is InChI=1S/C15H13N3O3S/c1-17-7-6-16-15(17)22-9-13-11(14(19)20)8-10-4-2-3-5-12(10)18(13)21/h2-8H,9H2,1H3,(H,19,20)/p-1. The molecule has 2 heterocycles. The van der Waals surface area contributed by atoms with Crippen LogP contribution in [0.4, 0.5) is 0 Å². The molecule has 0 aliphatic heterocycles. The van der Waals surface area contributed by atoms with Gasteiger partial charge in [-0.2, -0.15) is 4.73 Å². The number of nitrogens with zero attached hydrogens (tertiary/aromatic N) is 3. The summed E-state index contributed by atoms with van der Waals surface area (Å²) in [4.78, 5) is 15.5. The first kappa shape index (κ1) is 14.4. The van der Waals surface area contributed by atoms with E-state index in [0.29, 0.717) is 20.8 Å². The van der Waals surface area contributed by atoms with Crippen molar-refractivity contribution in [3.8, 4) is 0 Å². The molecule has 0 saturated heterocycles. The Bertz CT molecular complexity index is 860. The topological polar surface area (TPSA) is 84.9 Å². The highest BCUT2D eigenvalue weighted by Crippen LogP contribution is 2.23. The van der Waals surface area contributed by atoms with Crippen LogP contribution in [0.3, 0.4) is 0 Å². The first-order valence-corrected chi connectivity index (χ1v) is 7.52. The Morgan fingerprint density at radius 1 is 1.41 bits per heavy atom. The molecule has 0 unspecified atom stereocenters. The molecule has 0 N–H and O–H groups in total. The molecular formula is C15H12N3O3S-. The highest BCUT2D eigenvalue weighted by Gasteiger charge is 2.19. The van der Waals surface area contributed by atoms with Crippen molar-refractivity contribution in [1.29, 1.82) is 0 Å². The van der Waals surface area contributed by atoms with Crippen LogP contribution < -0.4 is 9.84 Å². The number of rotatable bonds is 4. The maximum Gasteiger partial charge on any atom is 0.224 e. The molecule has 0 amide bonds. The van der Waals surface area contributed by atoms with Crippen LogP contribution in [-0.2, 0) is 12.8 Å². The van der Waals surface area contributed by atoms with Crippen LogP contribution in [0, 0.1) is 5.21 Å². The molecule has 0 spiro atoms. The van der Waals surface area contributed by atoms with Gasteiger partial charge >= 0.3 is 0 Å². The number of aromatic nitrogens is 3. The number of imidazole rings is 1. The number of carbonyl (C=O) groups excluding carboxylic acids is 1. The lowest BCUT2D eigenvalue weighted by atomic mass is 10.1. The van der Waals surface area contributed by atoms with Crippen molar-refractivity contribution in [2.24, 2.45) is 7.05 Å². The molecule has 3 aromatic rings. The molecule has 7 heteroatoms. The quantitative estimate of drug-likeness (QED) is 0.405. The first-order valence-electron chi connectivity index (χ1n) is 6.53. The fourth-order valence-electron chi connectivity index (χ4n) is 2.23. The van der Waals surface area contributed by atoms with Gasteiger partial charge in [0.25, 0.3) is 0 Å². The minimum absolute atomic E-state index is 0.0876. The zero-order valence-electron chi connectivity index (χ0n) is 11.7. The summed E-state index contributed by atoms with van der Waals surface area (Å²) in [6.07, 6.45) is 3.43. The highest BCUT2D eigenvalue weighted by molar-refractivity contribution is 7.98. The van der Waals surface area contributed by atoms with Gasteiger partial charge < -0.3 is 19.7 Å². The molecule has 6 nitrogen and oxygen atoms in total. The average molecular weight is 314 g/mol. The van der Waals surface area contributed by atoms with Gasteiger partial charge in [-0.05, 0) is 12.1 Å². The number of aryl methyl sites for hydroxylation is 1. The second-order valence-corrected chi connectivity index (χ2v) is 5.70. The fraction of sp³-hybridized carbons (Fsp3) is 0.133. The van der Waals surface area contributed by atoms with Gasteiger partial charge in [-0.15, -0.1) is 0 Å². The summed E-state index contributed by atoms with van der Waals surface area (Å²) in [6.45, 7) is 0. The predicted octanol–water partition coefficient (Wildman–Crippen LogP) is 0.862. The van der Waals surface area contributed by atoms with Gasteiger partial charge in [-0.3, -0.25) is 0 Å². The Hall–Kier alpha value is -2.54. The largest absolute Gasteiger partial charge is 0.618 e. The third-order valence-corrected chi connectivity index (χ3v) is 4.42. The predicted molar refractivity (Wildman–Crippen MR) is 80.0 cm³/mol. The van der Waals surface area contributed by atoms with Crippen LogP contribution in [-0.4, -0.2) is 15.5 Å². The molecule has 0 fully saturated rings. The molecule has 0 atom stereocenters. The molecule has 22 heavy (non-hydrogen) atoms. The van der Waals surface area contributed by atoms with E-state index in [4.69, 9.17) is 0 Å². The van der Waals surface area contributed by atoms with Crippen molar-refractivity contribution in [3.05, 3.63) is 59.2 Å². The molecule has 0 radical (unpaired) electrons. The summed E-state index contributed by atoms with van der Waals surface area (Å²) in [6, 6.07) is 8.34. The summed E-state index contributed by atoms with van der Waals surface area (Å²) in [7, 11) is 1.83. The monoisotopic (exact) mass is 314 g/mol. The van der Waals surface area contributed by atoms with Gasteiger partial charge in [0.15, 0.2) is 5.16 Å². The molecule has 1 aromatic carbocycles. The molecule has 3 rings (SSSR count). The van der Waals surface area contributed by atoms with Crippen molar-refractivity contribution < 1.29 is 14.6 Å². The van der Waals surface area contributed by atoms with Gasteiger partial charge in [0.2, 0.25) is 11.2 Å². The van der Waals surface area contributed by atoms with Crippen molar-refractivity contribution in [3.63, 3.8) is 0 Å². The fourth-order valence-corrected chi connectivity index (χ4v) is 3.16. The average Bonchev–Trinajstić information content (AvgIpc) is 2.91. The Morgan fingerprint density at radius 3 is 2.86 bits per heavy atom. The van der Waals surface area contributed by atoms with Crippen LogP contribution >= 0.6 is 11.8 Å². The Labute approximate surface area is 130 Å². The van der Waals surface area contributed by atoms with Crippen LogP contribution in [0.2, 0.25) is 0 Å². The summed E-state index contributed by atoms with van der Waals surface area (Å²) >= 11 is 1.30. The zero-order chi connectivity index (χ0) is 15.7. The highest BCUT2D eigenvalue weighted by atomic mass is 32.2. The number of para-hydroxylation sites is 1. The van der Waals surface area contributed by atoms with Gasteiger partial charge in [0.05, 0.1) is 17.3 Å². The van der Waals surface area contributed by atoms with E-state index in [1.165, 1.54) is 17.8 Å². The number of fused-ring (bicyclic) bond motifs is 1. The number of pyridine rings is 1. The molecule has 2 aromatic heterocycles. The molecule has 0 saturated carbocycles. The summed E-state index contributed by atoms with van der Waals surface area (Å²) < 4.78 is 2.47. The van der Waals surface area contributed by atoms with Crippen LogP contribution in [0.25, 0.3) is 10.9 Å². The van der Waals surface area contributed by atoms with E-state index in [1.54, 1.807) is 41.2 Å². The van der Waals surface area contributed by atoms with Gasteiger partial charge in [-0.1, -0.05) is 23.9 Å². The number of hydrogen-bond acceptors (Lipinski definition) is 5. The lowest BCUT2D eigenvalue weighted by Crippen LogP contribution is -2.37. The lowest BCUT2D eigenvalue weighted by molar-refractivity contribution is -0.585. The first-order chi connectivity index (χ1) is 10.6. The molecule has 112 valence electrons. The molecule has 0 bridgehead atoms. The lowest BCUT2D eigenvalue weighted by Gasteiger charge is -2.13. The molecular weight excluding hydrogens is 302 g/mol. The molecule has 0 aliphatic rings. The number of aromatic carboxylic acids is 1. The second-order valence-electron chi connectivity index (χ2n) is 4.75. The summed E-state index contributed by atoms with van der Waals surface area (Å²) in [5, 5.41) is 25.1. The van der Waals surface area contributed by atoms with Crippen molar-refractivity contribution in [2.75, 3.05) is 0 Å². The van der Waals surface area contributed by atoms with Crippen molar-refractivity contribution in [2.45, 2.75) is 10.9 Å². The Balaban J connectivity index is 2.06. The third kappa shape index (κ3) is 2.50. The minimum Gasteiger partial charge on any atom is -0.618 e. The number of thioether (sulfide) groups is 1. The molecule has 0 aliphatic carbocycles. The second kappa shape index (κ2) is 5.69. The van der Waals surface area contributed by atoms with E-state index >= 15 is 0 Å². The number of carbonyl (C=O) groups is 1. The summed E-state index contributed by atoms with van der Waals surface area (Å²) in [5.41, 5.74) is 0.505. The van der Waals surface area contributed by atoms with Crippen LogP contribution in [0.5, 0.6) is 0 Å². The van der Waals surface area contributed by atoms with Crippen molar-refractivity contribution >= 4 is 28.6 Å².